The van der Waals surface area contributed by atoms with E-state index in [1.54, 1.807) is 0 Å². The predicted molar refractivity (Wildman–Crippen MR) is 115 cm³/mol. The van der Waals surface area contributed by atoms with Gasteiger partial charge >= 0.3 is 0 Å². The highest BCUT2D eigenvalue weighted by Gasteiger charge is 2.21. The SMILES string of the molecule is CC(C)c1ccccc1NCC(=O)N1CCN(Cc2ccccc2)CC1.Cl. The van der Waals surface area contributed by atoms with Crippen molar-refractivity contribution in [1.82, 2.24) is 9.80 Å². The molecule has 5 heteroatoms. The molecule has 27 heavy (non-hydrogen) atoms. The molecule has 146 valence electrons. The summed E-state index contributed by atoms with van der Waals surface area (Å²) in [6.45, 7) is 9.15. The van der Waals surface area contributed by atoms with E-state index >= 15 is 0 Å². The minimum Gasteiger partial charge on any atom is -0.376 e. The van der Waals surface area contributed by atoms with Gasteiger partial charge in [-0.3, -0.25) is 9.69 Å². The van der Waals surface area contributed by atoms with E-state index in [2.05, 4.69) is 60.5 Å². The second-order valence-corrected chi connectivity index (χ2v) is 7.24. The maximum atomic E-state index is 12.6. The van der Waals surface area contributed by atoms with Crippen LogP contribution in [0.2, 0.25) is 0 Å². The molecule has 1 aliphatic heterocycles. The van der Waals surface area contributed by atoms with Crippen molar-refractivity contribution in [2.45, 2.75) is 26.3 Å². The number of carbonyl (C=O) groups is 1. The minimum atomic E-state index is 0. The molecule has 3 rings (SSSR count). The lowest BCUT2D eigenvalue weighted by Crippen LogP contribution is -2.49. The van der Waals surface area contributed by atoms with E-state index in [0.29, 0.717) is 12.5 Å². The topological polar surface area (TPSA) is 35.6 Å². The molecule has 0 bridgehead atoms. The van der Waals surface area contributed by atoms with Gasteiger partial charge in [0.1, 0.15) is 0 Å². The zero-order valence-electron chi connectivity index (χ0n) is 16.2. The zero-order chi connectivity index (χ0) is 18.4. The summed E-state index contributed by atoms with van der Waals surface area (Å²) < 4.78 is 0. The summed E-state index contributed by atoms with van der Waals surface area (Å²) in [7, 11) is 0. The second-order valence-electron chi connectivity index (χ2n) is 7.24. The van der Waals surface area contributed by atoms with Gasteiger partial charge in [0.25, 0.3) is 0 Å². The van der Waals surface area contributed by atoms with Crippen molar-refractivity contribution in [1.29, 1.82) is 0 Å². The molecule has 1 aliphatic rings. The number of nitrogens with one attached hydrogen (secondary N) is 1. The average molecular weight is 388 g/mol. The molecule has 0 atom stereocenters. The Hall–Kier alpha value is -2.04. The fourth-order valence-electron chi connectivity index (χ4n) is 3.44. The van der Waals surface area contributed by atoms with Crippen LogP contribution < -0.4 is 5.32 Å². The van der Waals surface area contributed by atoms with E-state index in [0.717, 1.165) is 38.4 Å². The van der Waals surface area contributed by atoms with Crippen molar-refractivity contribution in [3.63, 3.8) is 0 Å². The summed E-state index contributed by atoms with van der Waals surface area (Å²) in [5, 5.41) is 3.34. The molecule has 0 unspecified atom stereocenters. The first kappa shape index (κ1) is 21.3. The van der Waals surface area contributed by atoms with Crippen molar-refractivity contribution >= 4 is 24.0 Å². The zero-order valence-corrected chi connectivity index (χ0v) is 17.0. The van der Waals surface area contributed by atoms with Crippen molar-refractivity contribution in [3.05, 3.63) is 65.7 Å². The average Bonchev–Trinajstić information content (AvgIpc) is 2.67. The van der Waals surface area contributed by atoms with Crippen LogP contribution in [0.25, 0.3) is 0 Å². The van der Waals surface area contributed by atoms with Gasteiger partial charge in [-0.1, -0.05) is 62.4 Å². The third kappa shape index (κ3) is 5.98. The molecule has 0 aromatic heterocycles. The Kier molecular flexibility index (Phi) is 8.14. The lowest BCUT2D eigenvalue weighted by Gasteiger charge is -2.35. The molecule has 1 N–H and O–H groups in total. The Labute approximate surface area is 169 Å². The van der Waals surface area contributed by atoms with Crippen LogP contribution in [0.5, 0.6) is 0 Å². The quantitative estimate of drug-likeness (QED) is 0.814. The maximum Gasteiger partial charge on any atom is 0.241 e. The molecule has 4 nitrogen and oxygen atoms in total. The largest absolute Gasteiger partial charge is 0.376 e. The molecule has 1 fully saturated rings. The van der Waals surface area contributed by atoms with E-state index in [1.807, 2.05) is 23.1 Å². The number of halogens is 1. The summed E-state index contributed by atoms with van der Waals surface area (Å²) in [6, 6.07) is 18.8. The van der Waals surface area contributed by atoms with E-state index in [9.17, 15) is 4.79 Å². The van der Waals surface area contributed by atoms with Gasteiger partial charge in [-0.25, -0.2) is 0 Å². The summed E-state index contributed by atoms with van der Waals surface area (Å²) in [5.41, 5.74) is 3.66. The molecule has 1 saturated heterocycles. The van der Waals surface area contributed by atoms with Gasteiger partial charge in [-0.15, -0.1) is 12.4 Å². The molecular formula is C22H30ClN3O. The van der Waals surface area contributed by atoms with Gasteiger partial charge in [-0.05, 0) is 23.1 Å². The number of hydrogen-bond acceptors (Lipinski definition) is 3. The third-order valence-corrected chi connectivity index (χ3v) is 4.99. The number of anilines is 1. The highest BCUT2D eigenvalue weighted by atomic mass is 35.5. The Morgan fingerprint density at radius 1 is 0.963 bits per heavy atom. The smallest absolute Gasteiger partial charge is 0.241 e. The molecule has 1 amide bonds. The van der Waals surface area contributed by atoms with Gasteiger partial charge < -0.3 is 10.2 Å². The molecule has 0 aliphatic carbocycles. The fraction of sp³-hybridized carbons (Fsp3) is 0.409. The van der Waals surface area contributed by atoms with Crippen LogP contribution in [0, 0.1) is 0 Å². The number of nitrogens with zero attached hydrogens (tertiary/aromatic N) is 2. The first-order chi connectivity index (χ1) is 12.6. The van der Waals surface area contributed by atoms with E-state index < -0.39 is 0 Å². The van der Waals surface area contributed by atoms with Crippen LogP contribution in [-0.2, 0) is 11.3 Å². The van der Waals surface area contributed by atoms with E-state index in [4.69, 9.17) is 0 Å². The molecule has 1 heterocycles. The standard InChI is InChI=1S/C22H29N3O.ClH/c1-18(2)20-10-6-7-11-21(20)23-16-22(26)25-14-12-24(13-15-25)17-19-8-4-3-5-9-19;/h3-11,18,23H,12-17H2,1-2H3;1H. The van der Waals surface area contributed by atoms with Crippen molar-refractivity contribution in [3.8, 4) is 0 Å². The van der Waals surface area contributed by atoms with Crippen molar-refractivity contribution in [2.75, 3.05) is 38.0 Å². The van der Waals surface area contributed by atoms with Crippen LogP contribution in [0.3, 0.4) is 0 Å². The number of piperazine rings is 1. The normalized spacial score (nSPS) is 14.7. The van der Waals surface area contributed by atoms with Gasteiger partial charge in [0.2, 0.25) is 5.91 Å². The maximum absolute atomic E-state index is 12.6. The predicted octanol–water partition coefficient (Wildman–Crippen LogP) is 3.99. The summed E-state index contributed by atoms with van der Waals surface area (Å²) >= 11 is 0. The number of benzene rings is 2. The van der Waals surface area contributed by atoms with Crippen LogP contribution in [0.15, 0.2) is 54.6 Å². The van der Waals surface area contributed by atoms with Gasteiger partial charge in [0.05, 0.1) is 6.54 Å². The lowest BCUT2D eigenvalue weighted by molar-refractivity contribution is -0.131. The van der Waals surface area contributed by atoms with Crippen LogP contribution in [0.4, 0.5) is 5.69 Å². The Bertz CT molecular complexity index is 713. The Morgan fingerprint density at radius 2 is 1.59 bits per heavy atom. The number of amides is 1. The van der Waals surface area contributed by atoms with E-state index in [-0.39, 0.29) is 18.3 Å². The minimum absolute atomic E-state index is 0. The molecule has 2 aromatic rings. The lowest BCUT2D eigenvalue weighted by atomic mass is 10.0. The summed E-state index contributed by atoms with van der Waals surface area (Å²) in [4.78, 5) is 17.0. The number of carbonyl (C=O) groups excluding carboxylic acids is 1. The molecule has 0 saturated carbocycles. The van der Waals surface area contributed by atoms with E-state index in [1.165, 1.54) is 11.1 Å². The summed E-state index contributed by atoms with van der Waals surface area (Å²) in [6.07, 6.45) is 0. The monoisotopic (exact) mass is 387 g/mol. The number of rotatable bonds is 6. The number of para-hydroxylation sites is 1. The number of hydrogen-bond donors (Lipinski definition) is 1. The second kappa shape index (κ2) is 10.3. The molecule has 0 radical (unpaired) electrons. The van der Waals surface area contributed by atoms with Gasteiger partial charge in [-0.2, -0.15) is 0 Å². The van der Waals surface area contributed by atoms with Crippen LogP contribution >= 0.6 is 12.4 Å². The van der Waals surface area contributed by atoms with Crippen molar-refractivity contribution < 1.29 is 4.79 Å². The Morgan fingerprint density at radius 3 is 2.26 bits per heavy atom. The molecule has 2 aromatic carbocycles. The highest BCUT2D eigenvalue weighted by Crippen LogP contribution is 2.23. The van der Waals surface area contributed by atoms with Gasteiger partial charge in [0.15, 0.2) is 0 Å². The first-order valence-corrected chi connectivity index (χ1v) is 9.50. The molecule has 0 spiro atoms. The molecular weight excluding hydrogens is 358 g/mol. The Balaban J connectivity index is 0.00000261. The van der Waals surface area contributed by atoms with Crippen molar-refractivity contribution in [2.24, 2.45) is 0 Å². The third-order valence-electron chi connectivity index (χ3n) is 4.99. The first-order valence-electron chi connectivity index (χ1n) is 9.50. The van der Waals surface area contributed by atoms with Gasteiger partial charge in [0, 0.05) is 38.4 Å². The van der Waals surface area contributed by atoms with Crippen LogP contribution in [-0.4, -0.2) is 48.4 Å². The fourth-order valence-corrected chi connectivity index (χ4v) is 3.44. The van der Waals surface area contributed by atoms with Crippen LogP contribution in [0.1, 0.15) is 30.9 Å². The summed E-state index contributed by atoms with van der Waals surface area (Å²) in [5.74, 6) is 0.623. The highest BCUT2D eigenvalue weighted by molar-refractivity contribution is 5.85.